The van der Waals surface area contributed by atoms with Crippen molar-refractivity contribution in [3.63, 3.8) is 0 Å². The Bertz CT molecular complexity index is 1020. The third-order valence-electron chi connectivity index (χ3n) is 5.62. The van der Waals surface area contributed by atoms with E-state index in [0.717, 1.165) is 21.9 Å². The normalized spacial score (nSPS) is 12.8. The number of carbonyl (C=O) groups excluding carboxylic acids is 1. The molecule has 2 aromatic heterocycles. The minimum Gasteiger partial charge on any atom is -0.415 e. The molecule has 4 N–H and O–H groups in total. The smallest absolute Gasteiger partial charge is 0.252 e. The molecule has 0 aliphatic carbocycles. The van der Waals surface area contributed by atoms with E-state index in [4.69, 9.17) is 15.9 Å². The fourth-order valence-electron chi connectivity index (χ4n) is 3.00. The third kappa shape index (κ3) is 3.44. The van der Waals surface area contributed by atoms with Crippen LogP contribution in [0.2, 0.25) is 18.1 Å². The number of rotatable bonds is 5. The van der Waals surface area contributed by atoms with Crippen molar-refractivity contribution in [1.29, 1.82) is 0 Å². The molecule has 0 saturated carbocycles. The van der Waals surface area contributed by atoms with Crippen molar-refractivity contribution in [2.45, 2.75) is 45.4 Å². The maximum atomic E-state index is 11.7. The van der Waals surface area contributed by atoms with Crippen LogP contribution in [-0.2, 0) is 11.0 Å². The van der Waals surface area contributed by atoms with Crippen molar-refractivity contribution >= 4 is 42.0 Å². The predicted molar refractivity (Wildman–Crippen MR) is 113 cm³/mol. The second-order valence-corrected chi connectivity index (χ2v) is 13.2. The highest BCUT2D eigenvalue weighted by Gasteiger charge is 2.37. The first-order valence-electron chi connectivity index (χ1n) is 9.14. The molecule has 0 atom stereocenters. The number of para-hydroxylation sites is 1. The van der Waals surface area contributed by atoms with Gasteiger partial charge in [0.2, 0.25) is 0 Å². The first kappa shape index (κ1) is 19.4. The van der Waals surface area contributed by atoms with Crippen LogP contribution in [0.4, 0.5) is 5.82 Å². The van der Waals surface area contributed by atoms with E-state index in [2.05, 4.69) is 43.4 Å². The highest BCUT2D eigenvalue weighted by molar-refractivity contribution is 6.74. The quantitative estimate of drug-likeness (QED) is 0.652. The summed E-state index contributed by atoms with van der Waals surface area (Å²) in [6, 6.07) is 9.77. The Balaban J connectivity index is 2.04. The number of primary amides is 1. The number of pyridine rings is 1. The van der Waals surface area contributed by atoms with E-state index in [-0.39, 0.29) is 16.4 Å². The van der Waals surface area contributed by atoms with Gasteiger partial charge in [0.15, 0.2) is 8.32 Å². The number of carbonyl (C=O) groups is 1. The van der Waals surface area contributed by atoms with Crippen molar-refractivity contribution in [3.8, 4) is 0 Å². The van der Waals surface area contributed by atoms with Crippen molar-refractivity contribution < 1.29 is 9.22 Å². The summed E-state index contributed by atoms with van der Waals surface area (Å²) in [5, 5.41) is 2.06. The van der Waals surface area contributed by atoms with Gasteiger partial charge in [0.1, 0.15) is 11.5 Å². The van der Waals surface area contributed by atoms with Gasteiger partial charge < -0.3 is 20.5 Å². The first-order valence-corrected chi connectivity index (χ1v) is 12.0. The molecule has 0 spiro atoms. The number of nitrogen functional groups attached to an aromatic ring is 1. The molecular weight excluding hydrogens is 356 g/mol. The van der Waals surface area contributed by atoms with Crippen molar-refractivity contribution in [2.75, 3.05) is 12.3 Å². The molecule has 0 radical (unpaired) electrons. The zero-order valence-electron chi connectivity index (χ0n) is 16.7. The second-order valence-electron chi connectivity index (χ2n) is 8.43. The standard InChI is InChI=1S/C20H28N4O2Si/c1-20(2,3)27(4,5)26-11-10-24-16-9-7-6-8-13(16)14-12-15(18(22)25)17(21)23-19(14)24/h6-9,12H,10-11H2,1-5H3,(H2,21,23)(H2,22,25). The minimum atomic E-state index is -1.83. The lowest BCUT2D eigenvalue weighted by Gasteiger charge is -2.36. The fraction of sp³-hybridized carbons (Fsp3) is 0.400. The van der Waals surface area contributed by atoms with E-state index < -0.39 is 14.2 Å². The zero-order valence-corrected chi connectivity index (χ0v) is 17.7. The Labute approximate surface area is 160 Å². The number of nitrogens with zero attached hydrogens (tertiary/aromatic N) is 2. The van der Waals surface area contributed by atoms with Crippen LogP contribution in [0.15, 0.2) is 30.3 Å². The molecule has 3 aromatic rings. The molecule has 0 saturated heterocycles. The van der Waals surface area contributed by atoms with E-state index in [0.29, 0.717) is 13.2 Å². The monoisotopic (exact) mass is 384 g/mol. The first-order chi connectivity index (χ1) is 12.5. The van der Waals surface area contributed by atoms with Crippen LogP contribution < -0.4 is 11.5 Å². The van der Waals surface area contributed by atoms with Crippen molar-refractivity contribution in [3.05, 3.63) is 35.9 Å². The SMILES string of the molecule is CC(C)(C)[Si](C)(C)OCCn1c2ccccc2c2cc(C(N)=O)c(N)nc21. The lowest BCUT2D eigenvalue weighted by Crippen LogP contribution is -2.41. The molecular formula is C20H28N4O2Si. The summed E-state index contributed by atoms with van der Waals surface area (Å²) >= 11 is 0. The largest absolute Gasteiger partial charge is 0.415 e. The minimum absolute atomic E-state index is 0.157. The average molecular weight is 385 g/mol. The Morgan fingerprint density at radius 1 is 1.22 bits per heavy atom. The van der Waals surface area contributed by atoms with Gasteiger partial charge in [-0.05, 0) is 30.3 Å². The van der Waals surface area contributed by atoms with Crippen LogP contribution in [0.5, 0.6) is 0 Å². The van der Waals surface area contributed by atoms with Crippen LogP contribution in [0, 0.1) is 0 Å². The second kappa shape index (κ2) is 6.65. The topological polar surface area (TPSA) is 96.2 Å². The maximum absolute atomic E-state index is 11.7. The van der Waals surface area contributed by atoms with E-state index >= 15 is 0 Å². The summed E-state index contributed by atoms with van der Waals surface area (Å²) in [6.07, 6.45) is 0. The average Bonchev–Trinajstić information content (AvgIpc) is 2.86. The lowest BCUT2D eigenvalue weighted by atomic mass is 10.1. The van der Waals surface area contributed by atoms with Gasteiger partial charge in [0, 0.05) is 17.3 Å². The number of hydrogen-bond acceptors (Lipinski definition) is 4. The fourth-order valence-corrected chi connectivity index (χ4v) is 4.04. The lowest BCUT2D eigenvalue weighted by molar-refractivity contribution is 0.100. The summed E-state index contributed by atoms with van der Waals surface area (Å²) in [5.41, 5.74) is 13.5. The van der Waals surface area contributed by atoms with Crippen LogP contribution >= 0.6 is 0 Å². The third-order valence-corrected chi connectivity index (χ3v) is 10.2. The molecule has 2 heterocycles. The molecule has 0 bridgehead atoms. The highest BCUT2D eigenvalue weighted by Crippen LogP contribution is 2.36. The Morgan fingerprint density at radius 2 is 1.89 bits per heavy atom. The number of fused-ring (bicyclic) bond motifs is 3. The van der Waals surface area contributed by atoms with Gasteiger partial charge in [0.25, 0.3) is 5.91 Å². The molecule has 144 valence electrons. The van der Waals surface area contributed by atoms with E-state index in [9.17, 15) is 4.79 Å². The summed E-state index contributed by atoms with van der Waals surface area (Å²) in [5.74, 6) is -0.413. The molecule has 1 aromatic carbocycles. The Morgan fingerprint density at radius 3 is 2.52 bits per heavy atom. The van der Waals surface area contributed by atoms with Crippen molar-refractivity contribution in [2.24, 2.45) is 5.73 Å². The van der Waals surface area contributed by atoms with Gasteiger partial charge in [-0.2, -0.15) is 0 Å². The molecule has 6 nitrogen and oxygen atoms in total. The highest BCUT2D eigenvalue weighted by atomic mass is 28.4. The maximum Gasteiger partial charge on any atom is 0.252 e. The molecule has 0 fully saturated rings. The summed E-state index contributed by atoms with van der Waals surface area (Å²) in [7, 11) is -1.83. The molecule has 3 rings (SSSR count). The van der Waals surface area contributed by atoms with Gasteiger partial charge in [-0.25, -0.2) is 4.98 Å². The molecule has 7 heteroatoms. The number of anilines is 1. The number of amides is 1. The Kier molecular flexibility index (Phi) is 4.77. The number of benzene rings is 1. The summed E-state index contributed by atoms with van der Waals surface area (Å²) in [6.45, 7) is 12.4. The summed E-state index contributed by atoms with van der Waals surface area (Å²) < 4.78 is 8.45. The van der Waals surface area contributed by atoms with Crippen LogP contribution in [-0.4, -0.2) is 30.4 Å². The van der Waals surface area contributed by atoms with E-state index in [1.54, 1.807) is 6.07 Å². The number of hydrogen-bond donors (Lipinski definition) is 2. The zero-order chi connectivity index (χ0) is 20.0. The Hall–Kier alpha value is -2.38. The molecule has 1 amide bonds. The molecule has 0 aliphatic rings. The van der Waals surface area contributed by atoms with E-state index in [1.807, 2.05) is 24.3 Å². The predicted octanol–water partition coefficient (Wildman–Crippen LogP) is 3.89. The number of aromatic nitrogens is 2. The van der Waals surface area contributed by atoms with Gasteiger partial charge in [-0.3, -0.25) is 4.79 Å². The van der Waals surface area contributed by atoms with Crippen molar-refractivity contribution in [1.82, 2.24) is 9.55 Å². The van der Waals surface area contributed by atoms with Gasteiger partial charge in [-0.15, -0.1) is 0 Å². The van der Waals surface area contributed by atoms with Crippen LogP contribution in [0.25, 0.3) is 21.9 Å². The van der Waals surface area contributed by atoms with Crippen LogP contribution in [0.3, 0.4) is 0 Å². The molecule has 0 aliphatic heterocycles. The van der Waals surface area contributed by atoms with Gasteiger partial charge in [-0.1, -0.05) is 39.0 Å². The molecule has 27 heavy (non-hydrogen) atoms. The van der Waals surface area contributed by atoms with Gasteiger partial charge >= 0.3 is 0 Å². The van der Waals surface area contributed by atoms with E-state index in [1.165, 1.54) is 0 Å². The molecule has 0 unspecified atom stereocenters. The summed E-state index contributed by atoms with van der Waals surface area (Å²) in [4.78, 5) is 16.2. The van der Waals surface area contributed by atoms with Crippen LogP contribution in [0.1, 0.15) is 31.1 Å². The van der Waals surface area contributed by atoms with Gasteiger partial charge in [0.05, 0.1) is 17.7 Å². The number of nitrogens with two attached hydrogens (primary N) is 2.